The smallest absolute Gasteiger partial charge is 0.260 e. The summed E-state index contributed by atoms with van der Waals surface area (Å²) in [6.07, 6.45) is 1.11. The van der Waals surface area contributed by atoms with Gasteiger partial charge >= 0.3 is 0 Å². The third-order valence-electron chi connectivity index (χ3n) is 3.12. The van der Waals surface area contributed by atoms with E-state index in [1.165, 1.54) is 5.56 Å². The first-order valence-electron chi connectivity index (χ1n) is 7.06. The zero-order chi connectivity index (χ0) is 15.4. The number of aromatic nitrogens is 2. The monoisotopic (exact) mass is 289 g/mol. The lowest BCUT2D eigenvalue weighted by atomic mass is 9.98. The molecule has 1 aromatic carbocycles. The molecular formula is C16H20FN3O. The predicted molar refractivity (Wildman–Crippen MR) is 81.5 cm³/mol. The third-order valence-corrected chi connectivity index (χ3v) is 3.12. The number of nitrogens with one attached hydrogen (secondary N) is 1. The summed E-state index contributed by atoms with van der Waals surface area (Å²) >= 11 is 0. The molecule has 4 nitrogen and oxygen atoms in total. The molecule has 0 saturated carbocycles. The van der Waals surface area contributed by atoms with E-state index < -0.39 is 5.82 Å². The van der Waals surface area contributed by atoms with Crippen LogP contribution in [0.15, 0.2) is 24.4 Å². The lowest BCUT2D eigenvalue weighted by Gasteiger charge is -2.12. The molecule has 0 spiro atoms. The number of halogens is 1. The maximum Gasteiger partial charge on any atom is 0.260 e. The molecule has 1 N–H and O–H groups in total. The van der Waals surface area contributed by atoms with Gasteiger partial charge in [0.25, 0.3) is 5.88 Å². The van der Waals surface area contributed by atoms with Crippen LogP contribution >= 0.6 is 0 Å². The number of rotatable bonds is 5. The van der Waals surface area contributed by atoms with Crippen LogP contribution in [0.25, 0.3) is 0 Å². The van der Waals surface area contributed by atoms with Crippen molar-refractivity contribution in [2.75, 3.05) is 11.9 Å². The number of hydrogen-bond donors (Lipinski definition) is 1. The van der Waals surface area contributed by atoms with Gasteiger partial charge in [-0.05, 0) is 43.0 Å². The Morgan fingerprint density at radius 3 is 2.71 bits per heavy atom. The van der Waals surface area contributed by atoms with Gasteiger partial charge in [0.05, 0.1) is 6.20 Å². The first kappa shape index (κ1) is 15.2. The number of benzene rings is 1. The maximum absolute atomic E-state index is 13.7. The van der Waals surface area contributed by atoms with Crippen molar-refractivity contribution < 1.29 is 9.13 Å². The topological polar surface area (TPSA) is 47.0 Å². The van der Waals surface area contributed by atoms with Crippen LogP contribution in [0.2, 0.25) is 0 Å². The first-order valence-corrected chi connectivity index (χ1v) is 7.06. The molecule has 0 aliphatic rings. The van der Waals surface area contributed by atoms with Gasteiger partial charge in [-0.15, -0.1) is 0 Å². The van der Waals surface area contributed by atoms with Gasteiger partial charge in [0.1, 0.15) is 5.75 Å². The zero-order valence-electron chi connectivity index (χ0n) is 12.8. The minimum atomic E-state index is -0.581. The fourth-order valence-electron chi connectivity index (χ4n) is 2.14. The number of hydrogen-bond acceptors (Lipinski definition) is 4. The van der Waals surface area contributed by atoms with Gasteiger partial charge in [-0.3, -0.25) is 0 Å². The third kappa shape index (κ3) is 3.68. The zero-order valence-corrected chi connectivity index (χ0v) is 12.8. The normalized spacial score (nSPS) is 10.8. The summed E-state index contributed by atoms with van der Waals surface area (Å²) in [4.78, 5) is 7.87. The molecular weight excluding hydrogens is 269 g/mol. The number of ether oxygens (including phenoxy) is 1. The van der Waals surface area contributed by atoms with E-state index in [0.717, 1.165) is 11.8 Å². The summed E-state index contributed by atoms with van der Waals surface area (Å²) in [5.41, 5.74) is 2.36. The maximum atomic E-state index is 13.7. The Morgan fingerprint density at radius 1 is 1.33 bits per heavy atom. The molecule has 2 aromatic rings. The Morgan fingerprint density at radius 2 is 2.10 bits per heavy atom. The average molecular weight is 289 g/mol. The van der Waals surface area contributed by atoms with Crippen molar-refractivity contribution in [3.8, 4) is 11.6 Å². The van der Waals surface area contributed by atoms with E-state index in [2.05, 4.69) is 29.1 Å². The van der Waals surface area contributed by atoms with Crippen LogP contribution in [-0.4, -0.2) is 16.5 Å². The summed E-state index contributed by atoms with van der Waals surface area (Å²) in [6, 6.07) is 5.72. The van der Waals surface area contributed by atoms with Crippen LogP contribution < -0.4 is 10.1 Å². The molecule has 0 radical (unpaired) electrons. The predicted octanol–water partition coefficient (Wildman–Crippen LogP) is 4.27. The fourth-order valence-corrected chi connectivity index (χ4v) is 2.14. The quantitative estimate of drug-likeness (QED) is 0.892. The SMILES string of the molecule is CCNc1ncc(F)c(Oc2ccc(C(C)C)c(C)c2)n1. The second-order valence-corrected chi connectivity index (χ2v) is 5.15. The van der Waals surface area contributed by atoms with Gasteiger partial charge in [-0.1, -0.05) is 19.9 Å². The van der Waals surface area contributed by atoms with Crippen LogP contribution in [0.5, 0.6) is 11.6 Å². The van der Waals surface area contributed by atoms with Crippen LogP contribution in [-0.2, 0) is 0 Å². The standard InChI is InChI=1S/C16H20FN3O/c1-5-18-16-19-9-14(17)15(20-16)21-12-6-7-13(10(2)3)11(4)8-12/h6-10H,5H2,1-4H3,(H,18,19,20). The lowest BCUT2D eigenvalue weighted by Crippen LogP contribution is -2.04. The Kier molecular flexibility index (Phi) is 4.73. The van der Waals surface area contributed by atoms with Crippen LogP contribution in [0.3, 0.4) is 0 Å². The lowest BCUT2D eigenvalue weighted by molar-refractivity contribution is 0.420. The largest absolute Gasteiger partial charge is 0.436 e. The first-order chi connectivity index (χ1) is 10.0. The van der Waals surface area contributed by atoms with Gasteiger partial charge in [0, 0.05) is 6.54 Å². The van der Waals surface area contributed by atoms with Gasteiger partial charge in [-0.2, -0.15) is 9.37 Å². The highest BCUT2D eigenvalue weighted by Crippen LogP contribution is 2.27. The average Bonchev–Trinajstić information content (AvgIpc) is 2.42. The number of aryl methyl sites for hydroxylation is 1. The fraction of sp³-hybridized carbons (Fsp3) is 0.375. The van der Waals surface area contributed by atoms with E-state index in [9.17, 15) is 4.39 Å². The number of nitrogens with zero attached hydrogens (tertiary/aromatic N) is 2. The van der Waals surface area contributed by atoms with Crippen molar-refractivity contribution in [1.29, 1.82) is 0 Å². The van der Waals surface area contributed by atoms with Crippen molar-refractivity contribution >= 4 is 5.95 Å². The van der Waals surface area contributed by atoms with E-state index in [4.69, 9.17) is 4.74 Å². The molecule has 0 aliphatic heterocycles. The van der Waals surface area contributed by atoms with Crippen LogP contribution in [0.1, 0.15) is 37.8 Å². The molecule has 0 atom stereocenters. The van der Waals surface area contributed by atoms with Gasteiger partial charge < -0.3 is 10.1 Å². The van der Waals surface area contributed by atoms with Crippen LogP contribution in [0.4, 0.5) is 10.3 Å². The molecule has 5 heteroatoms. The summed E-state index contributed by atoms with van der Waals surface area (Å²) in [5, 5.41) is 2.93. The second kappa shape index (κ2) is 6.52. The van der Waals surface area contributed by atoms with E-state index in [1.54, 1.807) is 0 Å². The molecule has 0 saturated heterocycles. The van der Waals surface area contributed by atoms with E-state index in [0.29, 0.717) is 24.2 Å². The number of anilines is 1. The minimum Gasteiger partial charge on any atom is -0.436 e. The summed E-state index contributed by atoms with van der Waals surface area (Å²) < 4.78 is 19.3. The Labute approximate surface area is 124 Å². The second-order valence-electron chi connectivity index (χ2n) is 5.15. The highest BCUT2D eigenvalue weighted by atomic mass is 19.1. The van der Waals surface area contributed by atoms with Crippen molar-refractivity contribution in [2.24, 2.45) is 0 Å². The molecule has 0 amide bonds. The molecule has 0 bridgehead atoms. The summed E-state index contributed by atoms with van der Waals surface area (Å²) in [6.45, 7) is 8.86. The van der Waals surface area contributed by atoms with Gasteiger partial charge in [-0.25, -0.2) is 4.98 Å². The molecule has 0 aliphatic carbocycles. The molecule has 1 heterocycles. The van der Waals surface area contributed by atoms with E-state index in [-0.39, 0.29) is 5.88 Å². The van der Waals surface area contributed by atoms with Gasteiger partial charge in [0.15, 0.2) is 0 Å². The van der Waals surface area contributed by atoms with Crippen molar-refractivity contribution in [1.82, 2.24) is 9.97 Å². The highest BCUT2D eigenvalue weighted by molar-refractivity contribution is 5.39. The van der Waals surface area contributed by atoms with Crippen molar-refractivity contribution in [3.05, 3.63) is 41.3 Å². The Bertz CT molecular complexity index is 629. The molecule has 112 valence electrons. The van der Waals surface area contributed by atoms with Crippen molar-refractivity contribution in [2.45, 2.75) is 33.6 Å². The Balaban J connectivity index is 2.25. The van der Waals surface area contributed by atoms with Crippen molar-refractivity contribution in [3.63, 3.8) is 0 Å². The molecule has 2 rings (SSSR count). The summed E-state index contributed by atoms with van der Waals surface area (Å²) in [5.74, 6) is 0.705. The van der Waals surface area contributed by atoms with E-state index >= 15 is 0 Å². The highest BCUT2D eigenvalue weighted by Gasteiger charge is 2.11. The molecule has 0 fully saturated rings. The summed E-state index contributed by atoms with van der Waals surface area (Å²) in [7, 11) is 0. The van der Waals surface area contributed by atoms with Crippen LogP contribution in [0, 0.1) is 12.7 Å². The minimum absolute atomic E-state index is 0.0716. The molecule has 1 aromatic heterocycles. The molecule has 0 unspecified atom stereocenters. The Hall–Kier alpha value is -2.17. The molecule has 21 heavy (non-hydrogen) atoms. The van der Waals surface area contributed by atoms with Gasteiger partial charge in [0.2, 0.25) is 11.8 Å². The van der Waals surface area contributed by atoms with E-state index in [1.807, 2.05) is 32.0 Å².